The van der Waals surface area contributed by atoms with Gasteiger partial charge in [-0.3, -0.25) is 4.79 Å². The maximum Gasteiger partial charge on any atom is 0.254 e. The number of carbonyl (C=O) groups excluding carboxylic acids is 1. The van der Waals surface area contributed by atoms with Gasteiger partial charge in [0.25, 0.3) is 5.91 Å². The van der Waals surface area contributed by atoms with Crippen LogP contribution in [0.15, 0.2) is 95.7 Å². The largest absolute Gasteiger partial charge is 0.467 e. The molecule has 0 bridgehead atoms. The van der Waals surface area contributed by atoms with Crippen LogP contribution in [0.1, 0.15) is 32.9 Å². The lowest BCUT2D eigenvalue weighted by Crippen LogP contribution is -2.31. The standard InChI is InChI=1S/C25H24N2O2/c1-20-9-5-6-14-24(20)25(28)27(19-23-13-8-16-29-23)18-22-12-7-15-26(22)17-21-10-3-2-4-11-21/h2-16H,17-19H2,1H3. The van der Waals surface area contributed by atoms with Crippen molar-refractivity contribution in [2.75, 3.05) is 0 Å². The Kier molecular flexibility index (Phi) is 5.61. The van der Waals surface area contributed by atoms with Crippen LogP contribution in [-0.4, -0.2) is 15.4 Å². The number of benzene rings is 2. The summed E-state index contributed by atoms with van der Waals surface area (Å²) in [6.45, 7) is 3.68. The lowest BCUT2D eigenvalue weighted by molar-refractivity contribution is 0.0713. The van der Waals surface area contributed by atoms with Crippen molar-refractivity contribution in [3.63, 3.8) is 0 Å². The Morgan fingerprint density at radius 2 is 1.69 bits per heavy atom. The Balaban J connectivity index is 1.60. The number of hydrogen-bond acceptors (Lipinski definition) is 2. The summed E-state index contributed by atoms with van der Waals surface area (Å²) in [6, 6.07) is 25.9. The molecule has 0 aliphatic carbocycles. The smallest absolute Gasteiger partial charge is 0.254 e. The normalized spacial score (nSPS) is 10.8. The van der Waals surface area contributed by atoms with Crippen LogP contribution in [-0.2, 0) is 19.6 Å². The third-order valence-corrected chi connectivity index (χ3v) is 5.06. The van der Waals surface area contributed by atoms with Crippen LogP contribution in [0.2, 0.25) is 0 Å². The minimum Gasteiger partial charge on any atom is -0.467 e. The van der Waals surface area contributed by atoms with Gasteiger partial charge in [-0.25, -0.2) is 0 Å². The summed E-state index contributed by atoms with van der Waals surface area (Å²) < 4.78 is 7.71. The molecule has 0 saturated carbocycles. The molecule has 4 rings (SSSR count). The second kappa shape index (κ2) is 8.65. The molecule has 146 valence electrons. The number of aryl methyl sites for hydroxylation is 1. The SMILES string of the molecule is Cc1ccccc1C(=O)N(Cc1ccco1)Cc1cccn1Cc1ccccc1. The number of hydrogen-bond donors (Lipinski definition) is 0. The van der Waals surface area contributed by atoms with Gasteiger partial charge in [0.2, 0.25) is 0 Å². The monoisotopic (exact) mass is 384 g/mol. The molecule has 0 aliphatic rings. The lowest BCUT2D eigenvalue weighted by atomic mass is 10.1. The summed E-state index contributed by atoms with van der Waals surface area (Å²) in [5.41, 5.74) is 4.01. The van der Waals surface area contributed by atoms with Gasteiger partial charge in [-0.15, -0.1) is 0 Å². The van der Waals surface area contributed by atoms with E-state index in [1.54, 1.807) is 6.26 Å². The number of rotatable bonds is 7. The van der Waals surface area contributed by atoms with Gasteiger partial charge in [0.1, 0.15) is 5.76 Å². The van der Waals surface area contributed by atoms with Gasteiger partial charge < -0.3 is 13.9 Å². The molecular formula is C25H24N2O2. The third kappa shape index (κ3) is 4.49. The molecule has 2 aromatic heterocycles. The Bertz CT molecular complexity index is 1070. The summed E-state index contributed by atoms with van der Waals surface area (Å²) in [5.74, 6) is 0.778. The van der Waals surface area contributed by atoms with Gasteiger partial charge in [-0.1, -0.05) is 48.5 Å². The Hall–Kier alpha value is -3.53. The van der Waals surface area contributed by atoms with E-state index in [0.717, 1.165) is 29.1 Å². The summed E-state index contributed by atoms with van der Waals surface area (Å²) >= 11 is 0. The van der Waals surface area contributed by atoms with Crippen molar-refractivity contribution in [1.82, 2.24) is 9.47 Å². The van der Waals surface area contributed by atoms with Crippen molar-refractivity contribution >= 4 is 5.91 Å². The average molecular weight is 384 g/mol. The van der Waals surface area contributed by atoms with E-state index in [0.29, 0.717) is 13.1 Å². The van der Waals surface area contributed by atoms with E-state index >= 15 is 0 Å². The predicted octanol–water partition coefficient (Wildman–Crippen LogP) is 5.28. The van der Waals surface area contributed by atoms with E-state index in [9.17, 15) is 4.79 Å². The fourth-order valence-electron chi connectivity index (χ4n) is 3.50. The highest BCUT2D eigenvalue weighted by atomic mass is 16.3. The van der Waals surface area contributed by atoms with Crippen molar-refractivity contribution in [2.24, 2.45) is 0 Å². The summed E-state index contributed by atoms with van der Waals surface area (Å²) in [4.78, 5) is 15.2. The second-order valence-electron chi connectivity index (χ2n) is 7.17. The molecule has 4 nitrogen and oxygen atoms in total. The van der Waals surface area contributed by atoms with E-state index in [2.05, 4.69) is 29.0 Å². The van der Waals surface area contributed by atoms with E-state index < -0.39 is 0 Å². The fourth-order valence-corrected chi connectivity index (χ4v) is 3.50. The van der Waals surface area contributed by atoms with Crippen LogP contribution in [0.25, 0.3) is 0 Å². The van der Waals surface area contributed by atoms with Crippen molar-refractivity contribution in [3.05, 3.63) is 119 Å². The van der Waals surface area contributed by atoms with Gasteiger partial charge in [-0.05, 0) is 48.4 Å². The molecule has 4 heteroatoms. The van der Waals surface area contributed by atoms with E-state index in [1.807, 2.05) is 72.5 Å². The van der Waals surface area contributed by atoms with Crippen LogP contribution >= 0.6 is 0 Å². The highest BCUT2D eigenvalue weighted by molar-refractivity contribution is 5.95. The molecule has 29 heavy (non-hydrogen) atoms. The lowest BCUT2D eigenvalue weighted by Gasteiger charge is -2.23. The predicted molar refractivity (Wildman–Crippen MR) is 113 cm³/mol. The molecule has 0 aliphatic heterocycles. The van der Waals surface area contributed by atoms with Crippen LogP contribution < -0.4 is 0 Å². The van der Waals surface area contributed by atoms with Crippen LogP contribution in [0.4, 0.5) is 0 Å². The molecule has 0 unspecified atom stereocenters. The van der Waals surface area contributed by atoms with E-state index in [1.165, 1.54) is 5.56 Å². The Morgan fingerprint density at radius 1 is 0.897 bits per heavy atom. The minimum atomic E-state index is 0.00645. The maximum absolute atomic E-state index is 13.4. The number of aromatic nitrogens is 1. The number of nitrogens with zero attached hydrogens (tertiary/aromatic N) is 2. The first-order valence-electron chi connectivity index (χ1n) is 9.76. The molecular weight excluding hydrogens is 360 g/mol. The quantitative estimate of drug-likeness (QED) is 0.435. The highest BCUT2D eigenvalue weighted by Gasteiger charge is 2.20. The zero-order valence-corrected chi connectivity index (χ0v) is 16.5. The van der Waals surface area contributed by atoms with Crippen molar-refractivity contribution in [1.29, 1.82) is 0 Å². The number of amides is 1. The first kappa shape index (κ1) is 18.8. The van der Waals surface area contributed by atoms with Gasteiger partial charge in [0, 0.05) is 24.0 Å². The molecule has 1 amide bonds. The van der Waals surface area contributed by atoms with E-state index in [4.69, 9.17) is 4.42 Å². The zero-order valence-electron chi connectivity index (χ0n) is 16.5. The molecule has 2 aromatic carbocycles. The molecule has 0 radical (unpaired) electrons. The zero-order chi connectivity index (χ0) is 20.1. The summed E-state index contributed by atoms with van der Waals surface area (Å²) in [5, 5.41) is 0. The molecule has 0 N–H and O–H groups in total. The van der Waals surface area contributed by atoms with Gasteiger partial charge in [-0.2, -0.15) is 0 Å². The minimum absolute atomic E-state index is 0.00645. The van der Waals surface area contributed by atoms with Crippen LogP contribution in [0.5, 0.6) is 0 Å². The van der Waals surface area contributed by atoms with Crippen molar-refractivity contribution in [2.45, 2.75) is 26.6 Å². The maximum atomic E-state index is 13.4. The second-order valence-corrected chi connectivity index (χ2v) is 7.17. The molecule has 0 saturated heterocycles. The first-order valence-corrected chi connectivity index (χ1v) is 9.76. The van der Waals surface area contributed by atoms with Crippen molar-refractivity contribution in [3.8, 4) is 0 Å². The van der Waals surface area contributed by atoms with Gasteiger partial charge in [0.15, 0.2) is 0 Å². The molecule has 0 spiro atoms. The molecule has 4 aromatic rings. The number of carbonyl (C=O) groups is 1. The molecule has 0 fully saturated rings. The highest BCUT2D eigenvalue weighted by Crippen LogP contribution is 2.18. The topological polar surface area (TPSA) is 38.4 Å². The van der Waals surface area contributed by atoms with Crippen LogP contribution in [0.3, 0.4) is 0 Å². The van der Waals surface area contributed by atoms with Gasteiger partial charge in [0.05, 0.1) is 19.4 Å². The first-order chi connectivity index (χ1) is 14.2. The fraction of sp³-hybridized carbons (Fsp3) is 0.160. The molecule has 2 heterocycles. The van der Waals surface area contributed by atoms with E-state index in [-0.39, 0.29) is 5.91 Å². The molecule has 0 atom stereocenters. The van der Waals surface area contributed by atoms with Crippen LogP contribution in [0, 0.1) is 6.92 Å². The summed E-state index contributed by atoms with van der Waals surface area (Å²) in [7, 11) is 0. The number of furan rings is 1. The summed E-state index contributed by atoms with van der Waals surface area (Å²) in [6.07, 6.45) is 3.70. The van der Waals surface area contributed by atoms with Gasteiger partial charge >= 0.3 is 0 Å². The Labute approximate surface area is 171 Å². The average Bonchev–Trinajstić information content (AvgIpc) is 3.41. The van der Waals surface area contributed by atoms with Crippen molar-refractivity contribution < 1.29 is 9.21 Å². The third-order valence-electron chi connectivity index (χ3n) is 5.06. The Morgan fingerprint density at radius 3 is 2.45 bits per heavy atom.